The minimum absolute atomic E-state index is 0.0256. The summed E-state index contributed by atoms with van der Waals surface area (Å²) in [5.74, 6) is 0. The third-order valence-electron chi connectivity index (χ3n) is 3.80. The number of hydrogen-bond acceptors (Lipinski definition) is 2. The van der Waals surface area contributed by atoms with E-state index in [4.69, 9.17) is 5.73 Å². The van der Waals surface area contributed by atoms with Crippen molar-refractivity contribution < 1.29 is 0 Å². The number of rotatable bonds is 4. The van der Waals surface area contributed by atoms with Crippen molar-refractivity contribution >= 4 is 0 Å². The van der Waals surface area contributed by atoms with E-state index in [2.05, 4.69) is 67.7 Å². The lowest BCUT2D eigenvalue weighted by atomic mass is 9.89. The van der Waals surface area contributed by atoms with Crippen molar-refractivity contribution in [3.05, 3.63) is 60.2 Å². The zero-order valence-electron chi connectivity index (χ0n) is 11.9. The van der Waals surface area contributed by atoms with Gasteiger partial charge in [0.1, 0.15) is 0 Å². The Hall–Kier alpha value is -1.64. The van der Waals surface area contributed by atoms with E-state index in [0.717, 1.165) is 5.56 Å². The second-order valence-electron chi connectivity index (χ2n) is 5.44. The molecular weight excluding hydrogens is 232 g/mol. The molecule has 0 amide bonds. The van der Waals surface area contributed by atoms with Crippen LogP contribution in [0.25, 0.3) is 11.1 Å². The molecule has 0 saturated carbocycles. The van der Waals surface area contributed by atoms with Gasteiger partial charge < -0.3 is 11.1 Å². The summed E-state index contributed by atoms with van der Waals surface area (Å²) in [4.78, 5) is 0. The van der Waals surface area contributed by atoms with Gasteiger partial charge in [0.2, 0.25) is 0 Å². The Balaban J connectivity index is 2.24. The van der Waals surface area contributed by atoms with Crippen LogP contribution in [0, 0.1) is 0 Å². The van der Waals surface area contributed by atoms with Crippen LogP contribution in [-0.2, 0) is 0 Å². The summed E-state index contributed by atoms with van der Waals surface area (Å²) in [6.45, 7) is 4.23. The second-order valence-corrected chi connectivity index (χ2v) is 5.44. The highest BCUT2D eigenvalue weighted by Gasteiger charge is 2.25. The monoisotopic (exact) mass is 254 g/mol. The smallest absolute Gasteiger partial charge is 0.0474 e. The lowest BCUT2D eigenvalue weighted by molar-refractivity contribution is 0.349. The molecule has 1 atom stereocenters. The average Bonchev–Trinajstić information content (AvgIpc) is 2.47. The molecule has 0 aliphatic carbocycles. The van der Waals surface area contributed by atoms with Crippen LogP contribution in [0.2, 0.25) is 0 Å². The highest BCUT2D eigenvalue weighted by atomic mass is 15.0. The first-order chi connectivity index (χ1) is 9.04. The SMILES string of the molecule is CNC(C)(C)C(N)c1ccc(-c2ccccc2)cc1. The summed E-state index contributed by atoms with van der Waals surface area (Å²) in [6.07, 6.45) is 0. The van der Waals surface area contributed by atoms with Gasteiger partial charge in [-0.3, -0.25) is 0 Å². The normalized spacial score (nSPS) is 13.3. The molecule has 3 N–H and O–H groups in total. The molecule has 2 nitrogen and oxygen atoms in total. The molecule has 1 unspecified atom stereocenters. The van der Waals surface area contributed by atoms with E-state index in [0.29, 0.717) is 0 Å². The summed E-state index contributed by atoms with van der Waals surface area (Å²) < 4.78 is 0. The lowest BCUT2D eigenvalue weighted by Crippen LogP contribution is -2.46. The molecule has 0 aromatic heterocycles. The van der Waals surface area contributed by atoms with Gasteiger partial charge in [-0.15, -0.1) is 0 Å². The van der Waals surface area contributed by atoms with Gasteiger partial charge in [0.25, 0.3) is 0 Å². The van der Waals surface area contributed by atoms with Crippen molar-refractivity contribution in [2.24, 2.45) is 5.73 Å². The maximum Gasteiger partial charge on any atom is 0.0474 e. The zero-order chi connectivity index (χ0) is 13.9. The average molecular weight is 254 g/mol. The fourth-order valence-electron chi connectivity index (χ4n) is 2.09. The van der Waals surface area contributed by atoms with Crippen molar-refractivity contribution in [2.75, 3.05) is 7.05 Å². The van der Waals surface area contributed by atoms with Gasteiger partial charge in [-0.1, -0.05) is 54.6 Å². The third kappa shape index (κ3) is 3.03. The Bertz CT molecular complexity index is 515. The van der Waals surface area contributed by atoms with E-state index in [1.54, 1.807) is 0 Å². The number of hydrogen-bond donors (Lipinski definition) is 2. The minimum Gasteiger partial charge on any atom is -0.322 e. The zero-order valence-corrected chi connectivity index (χ0v) is 11.9. The fourth-order valence-corrected chi connectivity index (χ4v) is 2.09. The molecule has 2 aromatic carbocycles. The van der Waals surface area contributed by atoms with E-state index in [1.165, 1.54) is 11.1 Å². The van der Waals surface area contributed by atoms with Crippen LogP contribution in [0.3, 0.4) is 0 Å². The van der Waals surface area contributed by atoms with Crippen molar-refractivity contribution in [1.82, 2.24) is 5.32 Å². The maximum atomic E-state index is 6.31. The van der Waals surface area contributed by atoms with Crippen LogP contribution in [0.5, 0.6) is 0 Å². The van der Waals surface area contributed by atoms with Gasteiger partial charge >= 0.3 is 0 Å². The number of nitrogens with one attached hydrogen (secondary N) is 1. The largest absolute Gasteiger partial charge is 0.322 e. The Morgan fingerprint density at radius 1 is 0.895 bits per heavy atom. The first kappa shape index (κ1) is 13.8. The number of likely N-dealkylation sites (N-methyl/N-ethyl adjacent to an activating group) is 1. The lowest BCUT2D eigenvalue weighted by Gasteiger charge is -2.31. The summed E-state index contributed by atoms with van der Waals surface area (Å²) in [6, 6.07) is 18.9. The van der Waals surface area contributed by atoms with E-state index >= 15 is 0 Å². The molecule has 19 heavy (non-hydrogen) atoms. The van der Waals surface area contributed by atoms with Gasteiger partial charge in [-0.2, -0.15) is 0 Å². The number of nitrogens with two attached hydrogens (primary N) is 1. The number of benzene rings is 2. The van der Waals surface area contributed by atoms with Gasteiger partial charge in [0.15, 0.2) is 0 Å². The third-order valence-corrected chi connectivity index (χ3v) is 3.80. The fraction of sp³-hybridized carbons (Fsp3) is 0.294. The Morgan fingerprint density at radius 3 is 1.95 bits per heavy atom. The van der Waals surface area contributed by atoms with Crippen LogP contribution >= 0.6 is 0 Å². The molecule has 0 radical (unpaired) electrons. The highest BCUT2D eigenvalue weighted by Crippen LogP contribution is 2.25. The molecule has 100 valence electrons. The maximum absolute atomic E-state index is 6.31. The Labute approximate surface area is 115 Å². The van der Waals surface area contributed by atoms with Crippen molar-refractivity contribution in [3.63, 3.8) is 0 Å². The first-order valence-corrected chi connectivity index (χ1v) is 6.64. The van der Waals surface area contributed by atoms with E-state index < -0.39 is 0 Å². The molecule has 0 saturated heterocycles. The van der Waals surface area contributed by atoms with Gasteiger partial charge in [-0.05, 0) is 37.6 Å². The van der Waals surface area contributed by atoms with E-state index in [-0.39, 0.29) is 11.6 Å². The summed E-state index contributed by atoms with van der Waals surface area (Å²) in [5, 5.41) is 3.26. The second kappa shape index (κ2) is 5.55. The standard InChI is InChI=1S/C17H22N2/c1-17(2,19-3)16(18)15-11-9-14(10-12-15)13-7-5-4-6-8-13/h4-12,16,19H,18H2,1-3H3. The minimum atomic E-state index is -0.117. The van der Waals surface area contributed by atoms with Crippen LogP contribution < -0.4 is 11.1 Å². The van der Waals surface area contributed by atoms with Gasteiger partial charge in [0.05, 0.1) is 0 Å². The molecule has 2 heteroatoms. The van der Waals surface area contributed by atoms with Crippen molar-refractivity contribution in [2.45, 2.75) is 25.4 Å². The molecule has 2 rings (SSSR count). The Morgan fingerprint density at radius 2 is 1.42 bits per heavy atom. The first-order valence-electron chi connectivity index (χ1n) is 6.64. The Kier molecular flexibility index (Phi) is 4.03. The predicted octanol–water partition coefficient (Wildman–Crippen LogP) is 3.35. The van der Waals surface area contributed by atoms with Crippen LogP contribution in [0.15, 0.2) is 54.6 Å². The summed E-state index contributed by atoms with van der Waals surface area (Å²) in [7, 11) is 1.94. The molecule has 0 fully saturated rings. The van der Waals surface area contributed by atoms with Gasteiger partial charge in [-0.25, -0.2) is 0 Å². The van der Waals surface area contributed by atoms with Crippen LogP contribution in [0.4, 0.5) is 0 Å². The topological polar surface area (TPSA) is 38.0 Å². The molecule has 0 bridgehead atoms. The molecular formula is C17H22N2. The summed E-state index contributed by atoms with van der Waals surface area (Å²) in [5.41, 5.74) is 9.80. The van der Waals surface area contributed by atoms with Crippen molar-refractivity contribution in [1.29, 1.82) is 0 Å². The van der Waals surface area contributed by atoms with Crippen LogP contribution in [0.1, 0.15) is 25.5 Å². The molecule has 0 spiro atoms. The molecule has 0 heterocycles. The summed E-state index contributed by atoms with van der Waals surface area (Å²) >= 11 is 0. The molecule has 2 aromatic rings. The van der Waals surface area contributed by atoms with Crippen molar-refractivity contribution in [3.8, 4) is 11.1 Å². The van der Waals surface area contributed by atoms with Crippen LogP contribution in [-0.4, -0.2) is 12.6 Å². The quantitative estimate of drug-likeness (QED) is 0.878. The molecule has 0 aliphatic heterocycles. The highest BCUT2D eigenvalue weighted by molar-refractivity contribution is 5.63. The van der Waals surface area contributed by atoms with E-state index in [9.17, 15) is 0 Å². The van der Waals surface area contributed by atoms with Gasteiger partial charge in [0, 0.05) is 11.6 Å². The van der Waals surface area contributed by atoms with E-state index in [1.807, 2.05) is 13.1 Å². The predicted molar refractivity (Wildman–Crippen MR) is 81.9 cm³/mol. The molecule has 0 aliphatic rings.